The van der Waals surface area contributed by atoms with Crippen LogP contribution in [0.1, 0.15) is 31.7 Å². The lowest BCUT2D eigenvalue weighted by atomic mass is 10.1. The molecule has 1 aromatic carbocycles. The Morgan fingerprint density at radius 2 is 2.00 bits per heavy atom. The molecule has 0 aliphatic rings. The Morgan fingerprint density at radius 1 is 1.25 bits per heavy atom. The van der Waals surface area contributed by atoms with Gasteiger partial charge in [-0.2, -0.15) is 8.78 Å². The molecule has 0 bridgehead atoms. The van der Waals surface area contributed by atoms with E-state index < -0.39 is 18.2 Å². The first-order chi connectivity index (χ1) is 7.63. The van der Waals surface area contributed by atoms with Crippen molar-refractivity contribution in [1.29, 1.82) is 0 Å². The summed E-state index contributed by atoms with van der Waals surface area (Å²) in [4.78, 5) is 0. The van der Waals surface area contributed by atoms with E-state index in [-0.39, 0.29) is 0 Å². The maximum Gasteiger partial charge on any atom is 0.387 e. The Hall–Kier alpha value is -1.19. The Bertz CT molecular complexity index is 326. The number of hydrogen-bond acceptors (Lipinski definition) is 1. The van der Waals surface area contributed by atoms with Gasteiger partial charge in [-0.25, -0.2) is 4.39 Å². The van der Waals surface area contributed by atoms with Crippen LogP contribution >= 0.6 is 0 Å². The molecular weight excluding hydrogens is 217 g/mol. The van der Waals surface area contributed by atoms with Crippen molar-refractivity contribution < 1.29 is 17.9 Å². The van der Waals surface area contributed by atoms with Crippen molar-refractivity contribution in [2.24, 2.45) is 0 Å². The second-order valence-corrected chi connectivity index (χ2v) is 3.60. The van der Waals surface area contributed by atoms with Crippen LogP contribution in [-0.4, -0.2) is 6.61 Å². The number of aryl methyl sites for hydroxylation is 1. The average Bonchev–Trinajstić information content (AvgIpc) is 2.22. The molecule has 0 aliphatic heterocycles. The van der Waals surface area contributed by atoms with Gasteiger partial charge in [-0.1, -0.05) is 25.8 Å². The highest BCUT2D eigenvalue weighted by atomic mass is 19.3. The van der Waals surface area contributed by atoms with Gasteiger partial charge in [-0.3, -0.25) is 0 Å². The highest BCUT2D eigenvalue weighted by molar-refractivity contribution is 5.29. The Kier molecular flexibility index (Phi) is 5.15. The van der Waals surface area contributed by atoms with Crippen molar-refractivity contribution in [3.63, 3.8) is 0 Å². The lowest BCUT2D eigenvalue weighted by Gasteiger charge is -2.07. The van der Waals surface area contributed by atoms with Gasteiger partial charge >= 0.3 is 6.61 Å². The van der Waals surface area contributed by atoms with E-state index in [4.69, 9.17) is 0 Å². The summed E-state index contributed by atoms with van der Waals surface area (Å²) in [5.74, 6) is -1.12. The molecule has 0 aromatic heterocycles. The molecule has 0 radical (unpaired) electrons. The van der Waals surface area contributed by atoms with Crippen LogP contribution in [0.15, 0.2) is 18.2 Å². The third-order valence-electron chi connectivity index (χ3n) is 2.28. The Balaban J connectivity index is 2.60. The van der Waals surface area contributed by atoms with E-state index in [0.29, 0.717) is 0 Å². The van der Waals surface area contributed by atoms with Crippen molar-refractivity contribution in [2.75, 3.05) is 0 Å². The van der Waals surface area contributed by atoms with E-state index in [1.165, 1.54) is 12.1 Å². The first kappa shape index (κ1) is 12.9. The summed E-state index contributed by atoms with van der Waals surface area (Å²) in [6.07, 6.45) is 3.91. The topological polar surface area (TPSA) is 9.23 Å². The number of hydrogen-bond donors (Lipinski definition) is 0. The highest BCUT2D eigenvalue weighted by Gasteiger charge is 2.09. The molecule has 1 rings (SSSR count). The monoisotopic (exact) mass is 232 g/mol. The van der Waals surface area contributed by atoms with Crippen LogP contribution in [0, 0.1) is 5.82 Å². The third-order valence-corrected chi connectivity index (χ3v) is 2.28. The second kappa shape index (κ2) is 6.40. The molecule has 0 fully saturated rings. The molecule has 0 spiro atoms. The van der Waals surface area contributed by atoms with Crippen molar-refractivity contribution >= 4 is 0 Å². The summed E-state index contributed by atoms with van der Waals surface area (Å²) >= 11 is 0. The van der Waals surface area contributed by atoms with Crippen LogP contribution < -0.4 is 4.74 Å². The van der Waals surface area contributed by atoms with Crippen LogP contribution in [0.4, 0.5) is 13.2 Å². The van der Waals surface area contributed by atoms with Gasteiger partial charge in [0.2, 0.25) is 0 Å². The number of benzene rings is 1. The fourth-order valence-electron chi connectivity index (χ4n) is 1.47. The van der Waals surface area contributed by atoms with Crippen molar-refractivity contribution in [2.45, 2.75) is 39.2 Å². The van der Waals surface area contributed by atoms with Crippen LogP contribution in [0.5, 0.6) is 5.75 Å². The zero-order valence-corrected chi connectivity index (χ0v) is 9.18. The third kappa shape index (κ3) is 4.13. The summed E-state index contributed by atoms with van der Waals surface area (Å²) in [5, 5.41) is 0. The van der Waals surface area contributed by atoms with Gasteiger partial charge in [0.1, 0.15) is 0 Å². The minimum Gasteiger partial charge on any atom is -0.432 e. The lowest BCUT2D eigenvalue weighted by Crippen LogP contribution is -2.04. The molecule has 90 valence electrons. The van der Waals surface area contributed by atoms with Gasteiger partial charge in [-0.05, 0) is 30.5 Å². The molecule has 0 atom stereocenters. The van der Waals surface area contributed by atoms with Gasteiger partial charge in [0.15, 0.2) is 11.6 Å². The van der Waals surface area contributed by atoms with Crippen LogP contribution in [0.25, 0.3) is 0 Å². The minimum atomic E-state index is -2.99. The van der Waals surface area contributed by atoms with Gasteiger partial charge in [0.05, 0.1) is 0 Å². The zero-order valence-electron chi connectivity index (χ0n) is 9.18. The maximum atomic E-state index is 13.3. The minimum absolute atomic E-state index is 0.394. The smallest absolute Gasteiger partial charge is 0.387 e. The van der Waals surface area contributed by atoms with E-state index in [1.807, 2.05) is 0 Å². The molecule has 0 saturated heterocycles. The van der Waals surface area contributed by atoms with Crippen LogP contribution in [-0.2, 0) is 6.42 Å². The van der Waals surface area contributed by atoms with Crippen molar-refractivity contribution in [1.82, 2.24) is 0 Å². The second-order valence-electron chi connectivity index (χ2n) is 3.60. The highest BCUT2D eigenvalue weighted by Crippen LogP contribution is 2.21. The van der Waals surface area contributed by atoms with Crippen LogP contribution in [0.2, 0.25) is 0 Å². The molecule has 4 heteroatoms. The number of unbranched alkanes of at least 4 members (excludes halogenated alkanes) is 2. The largest absolute Gasteiger partial charge is 0.432 e. The van der Waals surface area contributed by atoms with Gasteiger partial charge in [0.25, 0.3) is 0 Å². The fourth-order valence-corrected chi connectivity index (χ4v) is 1.47. The lowest BCUT2D eigenvalue weighted by molar-refractivity contribution is -0.0522. The van der Waals surface area contributed by atoms with Gasteiger partial charge in [-0.15, -0.1) is 0 Å². The normalized spacial score (nSPS) is 10.8. The predicted octanol–water partition coefficient (Wildman–Crippen LogP) is 4.16. The van der Waals surface area contributed by atoms with E-state index in [1.54, 1.807) is 6.07 Å². The molecule has 0 saturated carbocycles. The standard InChI is InChI=1S/C12H15F3O/c1-2-3-4-5-9-6-7-11(10(13)8-9)16-12(14)15/h6-8,12H,2-5H2,1H3. The molecule has 1 nitrogen and oxygen atoms in total. The van der Waals surface area contributed by atoms with Crippen molar-refractivity contribution in [3.8, 4) is 5.75 Å². The molecule has 0 heterocycles. The summed E-state index contributed by atoms with van der Waals surface area (Å²) in [6, 6.07) is 4.13. The summed E-state index contributed by atoms with van der Waals surface area (Å²) < 4.78 is 41.0. The molecule has 0 amide bonds. The number of alkyl halides is 2. The molecule has 0 unspecified atom stereocenters. The first-order valence-electron chi connectivity index (χ1n) is 5.36. The van der Waals surface area contributed by atoms with E-state index >= 15 is 0 Å². The van der Waals surface area contributed by atoms with E-state index in [0.717, 1.165) is 31.2 Å². The summed E-state index contributed by atoms with van der Waals surface area (Å²) in [6.45, 7) is -0.902. The number of halogens is 3. The maximum absolute atomic E-state index is 13.3. The SMILES string of the molecule is CCCCCc1ccc(OC(F)F)c(F)c1. The quantitative estimate of drug-likeness (QED) is 0.669. The zero-order chi connectivity index (χ0) is 12.0. The predicted molar refractivity (Wildman–Crippen MR) is 56.3 cm³/mol. The number of rotatable bonds is 6. The first-order valence-corrected chi connectivity index (χ1v) is 5.36. The Labute approximate surface area is 93.2 Å². The van der Waals surface area contributed by atoms with E-state index in [9.17, 15) is 13.2 Å². The Morgan fingerprint density at radius 3 is 2.56 bits per heavy atom. The van der Waals surface area contributed by atoms with Gasteiger partial charge in [0, 0.05) is 0 Å². The number of ether oxygens (including phenoxy) is 1. The average molecular weight is 232 g/mol. The molecule has 0 aliphatic carbocycles. The van der Waals surface area contributed by atoms with Gasteiger partial charge < -0.3 is 4.74 Å². The molecule has 0 N–H and O–H groups in total. The fraction of sp³-hybridized carbons (Fsp3) is 0.500. The molecule has 16 heavy (non-hydrogen) atoms. The van der Waals surface area contributed by atoms with E-state index in [2.05, 4.69) is 11.7 Å². The summed E-state index contributed by atoms with van der Waals surface area (Å²) in [7, 11) is 0. The molecule has 1 aromatic rings. The van der Waals surface area contributed by atoms with Crippen molar-refractivity contribution in [3.05, 3.63) is 29.6 Å². The molecular formula is C12H15F3O. The summed E-state index contributed by atoms with van der Waals surface area (Å²) in [5.41, 5.74) is 0.813. The van der Waals surface area contributed by atoms with Crippen LogP contribution in [0.3, 0.4) is 0 Å².